The van der Waals surface area contributed by atoms with Gasteiger partial charge in [-0.05, 0) is 30.3 Å². The van der Waals surface area contributed by atoms with Gasteiger partial charge in [0, 0.05) is 42.0 Å². The van der Waals surface area contributed by atoms with E-state index in [1.807, 2.05) is 19.2 Å². The van der Waals surface area contributed by atoms with Crippen LogP contribution in [0.15, 0.2) is 54.9 Å². The minimum absolute atomic E-state index is 0.302. The van der Waals surface area contributed by atoms with Crippen LogP contribution in [0.25, 0.3) is 22.2 Å². The normalized spacial score (nSPS) is 10.9. The van der Waals surface area contributed by atoms with Gasteiger partial charge in [0.05, 0.1) is 11.7 Å². The predicted molar refractivity (Wildman–Crippen MR) is 101 cm³/mol. The highest BCUT2D eigenvalue weighted by atomic mass is 19.1. The average molecular weight is 364 g/mol. The van der Waals surface area contributed by atoms with Crippen molar-refractivity contribution < 1.29 is 9.18 Å². The molecular formula is C19H17FN6O. The van der Waals surface area contributed by atoms with Gasteiger partial charge in [0.15, 0.2) is 0 Å². The van der Waals surface area contributed by atoms with Crippen LogP contribution in [0, 0.1) is 5.82 Å². The molecule has 2 heterocycles. The molecule has 0 unspecified atom stereocenters. The molecule has 0 aliphatic carbocycles. The maximum atomic E-state index is 13.6. The summed E-state index contributed by atoms with van der Waals surface area (Å²) >= 11 is 0. The zero-order valence-electron chi connectivity index (χ0n) is 14.5. The Morgan fingerprint density at radius 3 is 2.78 bits per heavy atom. The fourth-order valence-electron chi connectivity index (χ4n) is 2.89. The summed E-state index contributed by atoms with van der Waals surface area (Å²) in [4.78, 5) is 12.0. The Morgan fingerprint density at radius 1 is 1.22 bits per heavy atom. The van der Waals surface area contributed by atoms with Crippen molar-refractivity contribution in [3.63, 3.8) is 0 Å². The molecule has 8 heteroatoms. The molecule has 0 fully saturated rings. The first kappa shape index (κ1) is 16.8. The number of aromatic amines is 1. The standard InChI is InChI=1S/C19H17FN6O/c1-26-17-7-4-14(20)8-16(17)18(25-26)13-2-5-15(6-3-13)24-19(27)21-9-12-10-22-23-11-12/h2-8,10-11H,9H2,1H3,(H,22,23)(H2,21,24,27). The van der Waals surface area contributed by atoms with Crippen LogP contribution in [0.4, 0.5) is 14.9 Å². The number of fused-ring (bicyclic) bond motifs is 1. The van der Waals surface area contributed by atoms with Crippen LogP contribution in [0.3, 0.4) is 0 Å². The number of hydrogen-bond acceptors (Lipinski definition) is 3. The molecule has 2 amide bonds. The summed E-state index contributed by atoms with van der Waals surface area (Å²) in [6.07, 6.45) is 3.37. The lowest BCUT2D eigenvalue weighted by Gasteiger charge is -2.07. The fraction of sp³-hybridized carbons (Fsp3) is 0.105. The van der Waals surface area contributed by atoms with E-state index in [4.69, 9.17) is 0 Å². The number of benzene rings is 2. The van der Waals surface area contributed by atoms with Crippen LogP contribution in [0.5, 0.6) is 0 Å². The number of rotatable bonds is 4. The molecule has 0 bridgehead atoms. The van der Waals surface area contributed by atoms with Gasteiger partial charge in [0.25, 0.3) is 0 Å². The van der Waals surface area contributed by atoms with Crippen molar-refractivity contribution in [3.05, 3.63) is 66.2 Å². The largest absolute Gasteiger partial charge is 0.334 e. The number of hydrogen-bond donors (Lipinski definition) is 3. The first-order chi connectivity index (χ1) is 13.1. The van der Waals surface area contributed by atoms with Gasteiger partial charge in [-0.1, -0.05) is 12.1 Å². The molecule has 136 valence electrons. The number of nitrogens with zero attached hydrogens (tertiary/aromatic N) is 3. The van der Waals surface area contributed by atoms with E-state index >= 15 is 0 Å². The monoisotopic (exact) mass is 364 g/mol. The van der Waals surface area contributed by atoms with Gasteiger partial charge in [0.1, 0.15) is 11.5 Å². The molecule has 4 rings (SSSR count). The second kappa shape index (κ2) is 6.91. The third-order valence-corrected chi connectivity index (χ3v) is 4.24. The van der Waals surface area contributed by atoms with Crippen LogP contribution < -0.4 is 10.6 Å². The molecule has 7 nitrogen and oxygen atoms in total. The van der Waals surface area contributed by atoms with Gasteiger partial charge in [0.2, 0.25) is 0 Å². The number of carbonyl (C=O) groups excluding carboxylic acids is 1. The first-order valence-electron chi connectivity index (χ1n) is 8.35. The maximum absolute atomic E-state index is 13.6. The second-order valence-corrected chi connectivity index (χ2v) is 6.13. The third kappa shape index (κ3) is 3.50. The number of aryl methyl sites for hydroxylation is 1. The molecule has 4 aromatic rings. The van der Waals surface area contributed by atoms with E-state index in [2.05, 4.69) is 25.9 Å². The predicted octanol–water partition coefficient (Wildman–Crippen LogP) is 3.42. The molecule has 27 heavy (non-hydrogen) atoms. The van der Waals surface area contributed by atoms with E-state index < -0.39 is 0 Å². The van der Waals surface area contributed by atoms with E-state index in [1.165, 1.54) is 12.1 Å². The number of carbonyl (C=O) groups is 1. The fourth-order valence-corrected chi connectivity index (χ4v) is 2.89. The molecule has 0 radical (unpaired) electrons. The number of halogens is 1. The van der Waals surface area contributed by atoms with Gasteiger partial charge < -0.3 is 10.6 Å². The van der Waals surface area contributed by atoms with Crippen molar-refractivity contribution in [2.75, 3.05) is 5.32 Å². The number of nitrogens with one attached hydrogen (secondary N) is 3. The Hall–Kier alpha value is -3.68. The van der Waals surface area contributed by atoms with Crippen LogP contribution in [-0.2, 0) is 13.6 Å². The molecule has 0 atom stereocenters. The Bertz CT molecular complexity index is 1090. The Balaban J connectivity index is 1.49. The minimum Gasteiger partial charge on any atom is -0.334 e. The molecule has 2 aromatic heterocycles. The number of urea groups is 1. The summed E-state index contributed by atoms with van der Waals surface area (Å²) in [5.41, 5.74) is 3.93. The van der Waals surface area contributed by atoms with Crippen molar-refractivity contribution in [3.8, 4) is 11.3 Å². The van der Waals surface area contributed by atoms with Crippen molar-refractivity contribution in [1.82, 2.24) is 25.3 Å². The zero-order chi connectivity index (χ0) is 18.8. The quantitative estimate of drug-likeness (QED) is 0.518. The summed E-state index contributed by atoms with van der Waals surface area (Å²) in [6, 6.07) is 11.6. The highest BCUT2D eigenvalue weighted by Crippen LogP contribution is 2.29. The summed E-state index contributed by atoms with van der Waals surface area (Å²) in [6.45, 7) is 0.381. The number of H-pyrrole nitrogens is 1. The second-order valence-electron chi connectivity index (χ2n) is 6.13. The van der Waals surface area contributed by atoms with Crippen molar-refractivity contribution in [2.45, 2.75) is 6.54 Å². The molecule has 0 saturated heterocycles. The molecule has 0 aliphatic heterocycles. The van der Waals surface area contributed by atoms with Gasteiger partial charge >= 0.3 is 6.03 Å². The number of amides is 2. The smallest absolute Gasteiger partial charge is 0.319 e. The molecule has 0 saturated carbocycles. The molecule has 0 aliphatic rings. The molecular weight excluding hydrogens is 347 g/mol. The van der Waals surface area contributed by atoms with E-state index in [9.17, 15) is 9.18 Å². The van der Waals surface area contributed by atoms with Crippen LogP contribution in [0.1, 0.15) is 5.56 Å². The van der Waals surface area contributed by atoms with E-state index in [1.54, 1.807) is 35.3 Å². The summed E-state index contributed by atoms with van der Waals surface area (Å²) < 4.78 is 15.3. The topological polar surface area (TPSA) is 87.6 Å². The van der Waals surface area contributed by atoms with Crippen LogP contribution >= 0.6 is 0 Å². The van der Waals surface area contributed by atoms with Crippen LogP contribution in [-0.4, -0.2) is 26.0 Å². The van der Waals surface area contributed by atoms with E-state index in [-0.39, 0.29) is 11.8 Å². The highest BCUT2D eigenvalue weighted by molar-refractivity contribution is 5.94. The lowest BCUT2D eigenvalue weighted by molar-refractivity contribution is 0.251. The Kier molecular flexibility index (Phi) is 4.29. The van der Waals surface area contributed by atoms with E-state index in [0.29, 0.717) is 17.9 Å². The van der Waals surface area contributed by atoms with Gasteiger partial charge in [-0.25, -0.2) is 9.18 Å². The molecule has 2 aromatic carbocycles. The molecule has 3 N–H and O–H groups in total. The lowest BCUT2D eigenvalue weighted by Crippen LogP contribution is -2.27. The number of aromatic nitrogens is 4. The minimum atomic E-state index is -0.311. The summed E-state index contributed by atoms with van der Waals surface area (Å²) in [7, 11) is 1.82. The maximum Gasteiger partial charge on any atom is 0.319 e. The van der Waals surface area contributed by atoms with Gasteiger partial charge in [-0.15, -0.1) is 0 Å². The van der Waals surface area contributed by atoms with Crippen molar-refractivity contribution in [1.29, 1.82) is 0 Å². The lowest BCUT2D eigenvalue weighted by atomic mass is 10.1. The number of anilines is 1. The Morgan fingerprint density at radius 2 is 2.04 bits per heavy atom. The van der Waals surface area contributed by atoms with Crippen molar-refractivity contribution >= 4 is 22.6 Å². The summed E-state index contributed by atoms with van der Waals surface area (Å²) in [5, 5.41) is 17.3. The van der Waals surface area contributed by atoms with Crippen LogP contribution in [0.2, 0.25) is 0 Å². The molecule has 0 spiro atoms. The first-order valence-corrected chi connectivity index (χ1v) is 8.35. The summed E-state index contributed by atoms with van der Waals surface area (Å²) in [5.74, 6) is -0.302. The highest BCUT2D eigenvalue weighted by Gasteiger charge is 2.12. The zero-order valence-corrected chi connectivity index (χ0v) is 14.5. The average Bonchev–Trinajstić information content (AvgIpc) is 3.29. The Labute approximate surface area is 154 Å². The van der Waals surface area contributed by atoms with Gasteiger partial charge in [-0.2, -0.15) is 10.2 Å². The van der Waals surface area contributed by atoms with Gasteiger partial charge in [-0.3, -0.25) is 9.78 Å². The third-order valence-electron chi connectivity index (χ3n) is 4.24. The van der Waals surface area contributed by atoms with E-state index in [0.717, 1.165) is 22.0 Å². The van der Waals surface area contributed by atoms with Crippen molar-refractivity contribution in [2.24, 2.45) is 7.05 Å². The SMILES string of the molecule is Cn1nc(-c2ccc(NC(=O)NCc3cn[nH]c3)cc2)c2cc(F)ccc21.